The minimum Gasteiger partial charge on any atom is -0.349 e. The lowest BCUT2D eigenvalue weighted by molar-refractivity contribution is -0.120. The summed E-state index contributed by atoms with van der Waals surface area (Å²) in [5.74, 6) is -0.125. The van der Waals surface area contributed by atoms with Gasteiger partial charge in [0.05, 0.1) is 34.4 Å². The van der Waals surface area contributed by atoms with E-state index in [1.807, 2.05) is 44.2 Å². The first-order chi connectivity index (χ1) is 12.0. The lowest BCUT2D eigenvalue weighted by atomic mass is 10.1. The molecule has 2 N–H and O–H groups in total. The van der Waals surface area contributed by atoms with Gasteiger partial charge in [-0.05, 0) is 31.5 Å². The third kappa shape index (κ3) is 4.24. The molecule has 1 aromatic carbocycles. The molecule has 0 saturated heterocycles. The van der Waals surface area contributed by atoms with Gasteiger partial charge in [-0.3, -0.25) is 9.59 Å². The third-order valence-corrected chi connectivity index (χ3v) is 4.76. The van der Waals surface area contributed by atoms with Crippen LogP contribution >= 0.6 is 11.8 Å². The number of nitrogens with one attached hydrogen (secondary N) is 2. The van der Waals surface area contributed by atoms with Crippen molar-refractivity contribution in [2.24, 2.45) is 0 Å². The Morgan fingerprint density at radius 2 is 2.12 bits per heavy atom. The maximum absolute atomic E-state index is 12.3. The van der Waals surface area contributed by atoms with Crippen molar-refractivity contribution in [3.8, 4) is 0 Å². The molecule has 0 bridgehead atoms. The summed E-state index contributed by atoms with van der Waals surface area (Å²) < 4.78 is 0. The van der Waals surface area contributed by atoms with Gasteiger partial charge in [-0.25, -0.2) is 9.97 Å². The fourth-order valence-electron chi connectivity index (χ4n) is 2.44. The first-order valence-corrected chi connectivity index (χ1v) is 8.75. The molecule has 0 saturated carbocycles. The molecule has 1 atom stereocenters. The normalized spacial score (nSPS) is 12.1. The van der Waals surface area contributed by atoms with Gasteiger partial charge in [0.15, 0.2) is 0 Å². The number of benzene rings is 1. The van der Waals surface area contributed by atoms with E-state index < -0.39 is 0 Å². The number of thioether (sulfide) groups is 1. The van der Waals surface area contributed by atoms with Crippen molar-refractivity contribution in [1.82, 2.24) is 20.3 Å². The topological polar surface area (TPSA) is 87.7 Å². The Bertz CT molecular complexity index is 970. The second kappa shape index (κ2) is 7.48. The van der Waals surface area contributed by atoms with Crippen LogP contribution in [0.25, 0.3) is 10.9 Å². The van der Waals surface area contributed by atoms with Crippen LogP contribution in [0.4, 0.5) is 0 Å². The fraction of sp³-hybridized carbons (Fsp3) is 0.222. The summed E-state index contributed by atoms with van der Waals surface area (Å²) in [6.45, 7) is 4.09. The number of fused-ring (bicyclic) bond motifs is 1. The summed E-state index contributed by atoms with van der Waals surface area (Å²) in [4.78, 5) is 34.6. The molecule has 0 fully saturated rings. The quantitative estimate of drug-likeness (QED) is 0.687. The van der Waals surface area contributed by atoms with Gasteiger partial charge in [-0.2, -0.15) is 0 Å². The smallest absolute Gasteiger partial charge is 0.250 e. The van der Waals surface area contributed by atoms with Crippen molar-refractivity contribution in [3.63, 3.8) is 0 Å². The Morgan fingerprint density at radius 1 is 1.32 bits per heavy atom. The SMILES string of the molecule is Cc1cc(S[C@@H](C)C(=O)NCc2cc(=O)[nH]cn2)nc2ccccc12. The Kier molecular flexibility index (Phi) is 5.14. The summed E-state index contributed by atoms with van der Waals surface area (Å²) >= 11 is 1.41. The zero-order valence-electron chi connectivity index (χ0n) is 13.9. The van der Waals surface area contributed by atoms with Gasteiger partial charge in [0, 0.05) is 11.5 Å². The van der Waals surface area contributed by atoms with Crippen LogP contribution in [-0.2, 0) is 11.3 Å². The second-order valence-corrected chi connectivity index (χ2v) is 7.04. The van der Waals surface area contributed by atoms with Crippen LogP contribution < -0.4 is 10.9 Å². The summed E-state index contributed by atoms with van der Waals surface area (Å²) in [5, 5.41) is 4.41. The van der Waals surface area contributed by atoms with E-state index in [1.165, 1.54) is 24.2 Å². The van der Waals surface area contributed by atoms with E-state index in [2.05, 4.69) is 20.3 Å². The molecule has 0 radical (unpaired) electrons. The maximum Gasteiger partial charge on any atom is 0.250 e. The lowest BCUT2D eigenvalue weighted by Gasteiger charge is -2.12. The number of para-hydroxylation sites is 1. The number of H-pyrrole nitrogens is 1. The number of pyridine rings is 1. The van der Waals surface area contributed by atoms with Crippen molar-refractivity contribution in [1.29, 1.82) is 0 Å². The van der Waals surface area contributed by atoms with Crippen LogP contribution in [0.5, 0.6) is 0 Å². The van der Waals surface area contributed by atoms with Gasteiger partial charge in [0.1, 0.15) is 0 Å². The molecule has 2 heterocycles. The van der Waals surface area contributed by atoms with E-state index in [1.54, 1.807) is 0 Å². The van der Waals surface area contributed by atoms with E-state index in [4.69, 9.17) is 0 Å². The number of nitrogens with zero attached hydrogens (tertiary/aromatic N) is 2. The average Bonchev–Trinajstić information content (AvgIpc) is 2.60. The van der Waals surface area contributed by atoms with Gasteiger partial charge in [-0.15, -0.1) is 0 Å². The minimum absolute atomic E-state index is 0.125. The van der Waals surface area contributed by atoms with Crippen molar-refractivity contribution >= 4 is 28.6 Å². The number of amides is 1. The number of carbonyl (C=O) groups excluding carboxylic acids is 1. The van der Waals surface area contributed by atoms with Gasteiger partial charge in [0.2, 0.25) is 5.91 Å². The Balaban J connectivity index is 1.66. The first-order valence-electron chi connectivity index (χ1n) is 7.87. The van der Waals surface area contributed by atoms with Crippen LogP contribution in [0.3, 0.4) is 0 Å². The highest BCUT2D eigenvalue weighted by atomic mass is 32.2. The number of aromatic nitrogens is 3. The van der Waals surface area contributed by atoms with Crippen molar-refractivity contribution in [3.05, 3.63) is 64.3 Å². The van der Waals surface area contributed by atoms with E-state index in [0.717, 1.165) is 21.5 Å². The monoisotopic (exact) mass is 354 g/mol. The van der Waals surface area contributed by atoms with Crippen LogP contribution in [-0.4, -0.2) is 26.1 Å². The second-order valence-electron chi connectivity index (χ2n) is 5.67. The molecule has 3 rings (SSSR count). The number of carbonyl (C=O) groups is 1. The third-order valence-electron chi connectivity index (χ3n) is 3.74. The number of rotatable bonds is 5. The standard InChI is InChI=1S/C18H18N4O2S/c1-11-7-17(22-15-6-4-3-5-14(11)15)25-12(2)18(24)19-9-13-8-16(23)21-10-20-13/h3-8,10,12H,9H2,1-2H3,(H,19,24)(H,20,21,23)/t12-/m0/s1. The Labute approximate surface area is 149 Å². The molecule has 6 nitrogen and oxygen atoms in total. The predicted molar refractivity (Wildman–Crippen MR) is 98.5 cm³/mol. The van der Waals surface area contributed by atoms with Gasteiger partial charge < -0.3 is 10.3 Å². The van der Waals surface area contributed by atoms with Crippen molar-refractivity contribution in [2.75, 3.05) is 0 Å². The zero-order valence-corrected chi connectivity index (χ0v) is 14.8. The largest absolute Gasteiger partial charge is 0.349 e. The Morgan fingerprint density at radius 3 is 2.92 bits per heavy atom. The molecular weight excluding hydrogens is 336 g/mol. The lowest BCUT2D eigenvalue weighted by Crippen LogP contribution is -2.31. The molecule has 7 heteroatoms. The van der Waals surface area contributed by atoms with Crippen molar-refractivity contribution in [2.45, 2.75) is 30.7 Å². The number of aryl methyl sites for hydroxylation is 1. The molecule has 0 spiro atoms. The highest BCUT2D eigenvalue weighted by Crippen LogP contribution is 2.26. The highest BCUT2D eigenvalue weighted by molar-refractivity contribution is 8.00. The van der Waals surface area contributed by atoms with E-state index >= 15 is 0 Å². The first kappa shape index (κ1) is 17.2. The molecule has 3 aromatic rings. The maximum atomic E-state index is 12.3. The predicted octanol–water partition coefficient (Wildman–Crippen LogP) is 2.42. The summed E-state index contributed by atoms with van der Waals surface area (Å²) in [6, 6.07) is 11.3. The molecule has 0 unspecified atom stereocenters. The van der Waals surface area contributed by atoms with Crippen molar-refractivity contribution < 1.29 is 4.79 Å². The van der Waals surface area contributed by atoms with Crippen LogP contribution in [0.1, 0.15) is 18.2 Å². The highest BCUT2D eigenvalue weighted by Gasteiger charge is 2.16. The summed E-state index contributed by atoms with van der Waals surface area (Å²) in [5.41, 5.74) is 2.34. The average molecular weight is 354 g/mol. The molecule has 0 aliphatic rings. The van der Waals surface area contributed by atoms with Crippen LogP contribution in [0, 0.1) is 6.92 Å². The molecular formula is C18H18N4O2S. The van der Waals surface area contributed by atoms with E-state index in [0.29, 0.717) is 5.69 Å². The van der Waals surface area contributed by atoms with Gasteiger partial charge in [-0.1, -0.05) is 30.0 Å². The summed E-state index contributed by atoms with van der Waals surface area (Å²) in [7, 11) is 0. The Hall–Kier alpha value is -2.67. The van der Waals surface area contributed by atoms with Gasteiger partial charge >= 0.3 is 0 Å². The number of hydrogen-bond donors (Lipinski definition) is 2. The van der Waals surface area contributed by atoms with E-state index in [-0.39, 0.29) is 23.3 Å². The minimum atomic E-state index is -0.310. The molecule has 25 heavy (non-hydrogen) atoms. The molecule has 1 amide bonds. The fourth-order valence-corrected chi connectivity index (χ4v) is 3.39. The number of hydrogen-bond acceptors (Lipinski definition) is 5. The molecule has 2 aromatic heterocycles. The zero-order chi connectivity index (χ0) is 17.8. The molecule has 0 aliphatic heterocycles. The van der Waals surface area contributed by atoms with Crippen LogP contribution in [0.2, 0.25) is 0 Å². The van der Waals surface area contributed by atoms with E-state index in [9.17, 15) is 9.59 Å². The van der Waals surface area contributed by atoms with Gasteiger partial charge in [0.25, 0.3) is 5.56 Å². The van der Waals surface area contributed by atoms with Crippen LogP contribution in [0.15, 0.2) is 52.5 Å². The summed E-state index contributed by atoms with van der Waals surface area (Å²) in [6.07, 6.45) is 1.32. The number of aromatic amines is 1. The molecule has 128 valence electrons. The molecule has 0 aliphatic carbocycles.